The number of benzene rings is 2. The van der Waals surface area contributed by atoms with Gasteiger partial charge in [-0.05, 0) is 55.0 Å². The number of nitrogens with one attached hydrogen (secondary N) is 2. The summed E-state index contributed by atoms with van der Waals surface area (Å²) in [6, 6.07) is 7.58. The van der Waals surface area contributed by atoms with Crippen LogP contribution in [0.5, 0.6) is 11.5 Å². The number of aromatic amines is 1. The van der Waals surface area contributed by atoms with Gasteiger partial charge in [0.25, 0.3) is 0 Å². The summed E-state index contributed by atoms with van der Waals surface area (Å²) >= 11 is 5.29. The maximum absolute atomic E-state index is 13.6. The van der Waals surface area contributed by atoms with Crippen LogP contribution in [0.2, 0.25) is 0 Å². The van der Waals surface area contributed by atoms with E-state index in [1.165, 1.54) is 17.8 Å². The number of aromatic nitrogens is 2. The molecule has 4 heterocycles. The van der Waals surface area contributed by atoms with E-state index < -0.39 is 11.6 Å². The van der Waals surface area contributed by atoms with E-state index in [9.17, 15) is 13.2 Å². The van der Waals surface area contributed by atoms with Crippen molar-refractivity contribution in [2.24, 2.45) is 11.5 Å². The topological polar surface area (TPSA) is 106 Å². The Labute approximate surface area is 235 Å². The van der Waals surface area contributed by atoms with Gasteiger partial charge in [-0.15, -0.1) is 0 Å². The molecule has 2 atom stereocenters. The molecule has 8 nitrogen and oxygen atoms in total. The second-order valence-corrected chi connectivity index (χ2v) is 10.3. The maximum atomic E-state index is 13.6. The molecule has 1 aromatic heterocycles. The van der Waals surface area contributed by atoms with Crippen molar-refractivity contribution in [3.63, 3.8) is 0 Å². The van der Waals surface area contributed by atoms with Crippen LogP contribution in [0, 0.1) is 22.2 Å². The Balaban J connectivity index is 0.000000162. The van der Waals surface area contributed by atoms with Crippen LogP contribution in [0.25, 0.3) is 0 Å². The molecule has 0 saturated carbocycles. The number of nitrogens with two attached hydrogens (primary N) is 2. The first-order valence-corrected chi connectivity index (χ1v) is 13.7. The summed E-state index contributed by atoms with van der Waals surface area (Å²) < 4.78 is 53.9. The zero-order valence-corrected chi connectivity index (χ0v) is 22.8. The largest absolute Gasteiger partial charge is 0.491 e. The molecular weight excluding hydrogens is 541 g/mol. The van der Waals surface area contributed by atoms with Crippen molar-refractivity contribution in [3.8, 4) is 11.5 Å². The first-order valence-electron chi connectivity index (χ1n) is 13.3. The van der Waals surface area contributed by atoms with Gasteiger partial charge in [-0.25, -0.2) is 13.2 Å². The molecule has 2 aromatic carbocycles. The van der Waals surface area contributed by atoms with Gasteiger partial charge in [-0.2, -0.15) is 0 Å². The van der Waals surface area contributed by atoms with Gasteiger partial charge in [-0.3, -0.25) is 0 Å². The number of hydrogen-bond acceptors (Lipinski definition) is 7. The highest BCUT2D eigenvalue weighted by Crippen LogP contribution is 2.33. The second kappa shape index (κ2) is 12.4. The van der Waals surface area contributed by atoms with E-state index >= 15 is 0 Å². The summed E-state index contributed by atoms with van der Waals surface area (Å²) in [7, 11) is 0. The fraction of sp³-hybridized carbons (Fsp3) is 0.393. The monoisotopic (exact) mass is 574 g/mol. The highest BCUT2D eigenvalue weighted by Gasteiger charge is 2.30. The third-order valence-corrected chi connectivity index (χ3v) is 7.63. The molecule has 0 radical (unpaired) electrons. The Hall–Kier alpha value is -3.48. The number of para-hydroxylation sites is 1. The molecular formula is C28H33F3N6O2S. The van der Waals surface area contributed by atoms with Crippen LogP contribution in [0.4, 0.5) is 13.2 Å². The zero-order chi connectivity index (χ0) is 28.2. The van der Waals surface area contributed by atoms with Crippen LogP contribution >= 0.6 is 12.2 Å². The number of nitrogens with zero attached hydrogens (tertiary/aromatic N) is 2. The van der Waals surface area contributed by atoms with Gasteiger partial charge in [0.1, 0.15) is 19.0 Å². The van der Waals surface area contributed by atoms with E-state index in [2.05, 4.69) is 15.2 Å². The van der Waals surface area contributed by atoms with Gasteiger partial charge in [-0.1, -0.05) is 12.1 Å². The molecule has 0 saturated heterocycles. The minimum absolute atomic E-state index is 0.0531. The zero-order valence-electron chi connectivity index (χ0n) is 22.0. The molecule has 0 aliphatic carbocycles. The van der Waals surface area contributed by atoms with Crippen molar-refractivity contribution in [1.29, 1.82) is 0 Å². The highest BCUT2D eigenvalue weighted by molar-refractivity contribution is 7.71. The number of halogens is 3. The molecule has 0 spiro atoms. The molecule has 0 amide bonds. The van der Waals surface area contributed by atoms with Gasteiger partial charge in [0.2, 0.25) is 0 Å². The van der Waals surface area contributed by atoms with Crippen LogP contribution in [-0.2, 0) is 19.3 Å². The van der Waals surface area contributed by atoms with Crippen molar-refractivity contribution in [2.75, 3.05) is 33.0 Å². The Morgan fingerprint density at radius 2 is 1.68 bits per heavy atom. The summed E-state index contributed by atoms with van der Waals surface area (Å²) in [5.74, 6) is -1.22. The van der Waals surface area contributed by atoms with Crippen LogP contribution < -0.4 is 26.3 Å². The molecule has 40 heavy (non-hydrogen) atoms. The lowest BCUT2D eigenvalue weighted by atomic mass is 10.0. The lowest BCUT2D eigenvalue weighted by Gasteiger charge is -2.34. The SMILES string of the molecule is NCCC1=CNCN1[C@H]1COc2c(F)cccc2C1.NCCc1c[nH]c(=S)n1[C@H]1COc2cc(F)c(F)cc2C1. The number of fused-ring (bicyclic) bond motifs is 2. The summed E-state index contributed by atoms with van der Waals surface area (Å²) in [5, 5.41) is 3.22. The first-order chi connectivity index (χ1) is 19.4. The first kappa shape index (κ1) is 28.1. The Morgan fingerprint density at radius 1 is 0.925 bits per heavy atom. The number of ether oxygens (including phenoxy) is 2. The van der Waals surface area contributed by atoms with Crippen LogP contribution in [0.3, 0.4) is 0 Å². The van der Waals surface area contributed by atoms with Gasteiger partial charge < -0.3 is 40.7 Å². The Bertz CT molecular complexity index is 1440. The number of imidazole rings is 1. The smallest absolute Gasteiger partial charge is 0.177 e. The van der Waals surface area contributed by atoms with E-state index in [-0.39, 0.29) is 17.9 Å². The van der Waals surface area contributed by atoms with E-state index in [4.69, 9.17) is 33.2 Å². The number of rotatable bonds is 6. The van der Waals surface area contributed by atoms with Gasteiger partial charge in [0.15, 0.2) is 28.0 Å². The molecule has 0 fully saturated rings. The average Bonchev–Trinajstić information content (AvgIpc) is 3.56. The fourth-order valence-corrected chi connectivity index (χ4v) is 5.75. The summed E-state index contributed by atoms with van der Waals surface area (Å²) in [4.78, 5) is 5.26. The van der Waals surface area contributed by atoms with E-state index in [1.807, 2.05) is 23.0 Å². The third-order valence-electron chi connectivity index (χ3n) is 7.31. The average molecular weight is 575 g/mol. The number of hydrogen-bond donors (Lipinski definition) is 4. The quantitative estimate of drug-likeness (QED) is 0.333. The van der Waals surface area contributed by atoms with Crippen molar-refractivity contribution in [2.45, 2.75) is 37.8 Å². The van der Waals surface area contributed by atoms with Crippen molar-refractivity contribution in [1.82, 2.24) is 19.8 Å². The molecule has 3 aliphatic heterocycles. The van der Waals surface area contributed by atoms with Gasteiger partial charge >= 0.3 is 0 Å². The molecule has 0 bridgehead atoms. The molecule has 12 heteroatoms. The van der Waals surface area contributed by atoms with Crippen molar-refractivity contribution < 1.29 is 22.6 Å². The Kier molecular flexibility index (Phi) is 8.67. The molecule has 3 aliphatic rings. The lowest BCUT2D eigenvalue weighted by molar-refractivity contribution is 0.147. The maximum Gasteiger partial charge on any atom is 0.177 e. The Morgan fingerprint density at radius 3 is 2.48 bits per heavy atom. The normalized spacial score (nSPS) is 19.3. The minimum Gasteiger partial charge on any atom is -0.491 e. The third kappa shape index (κ3) is 5.84. The predicted molar refractivity (Wildman–Crippen MR) is 148 cm³/mol. The fourth-order valence-electron chi connectivity index (χ4n) is 5.43. The highest BCUT2D eigenvalue weighted by atomic mass is 32.1. The van der Waals surface area contributed by atoms with Crippen LogP contribution in [0.1, 0.15) is 29.3 Å². The molecule has 6 N–H and O–H groups in total. The van der Waals surface area contributed by atoms with Crippen molar-refractivity contribution in [3.05, 3.63) is 87.5 Å². The molecule has 0 unspecified atom stereocenters. The molecule has 214 valence electrons. The second-order valence-electron chi connectivity index (χ2n) is 9.94. The number of H-pyrrole nitrogens is 1. The van der Waals surface area contributed by atoms with Gasteiger partial charge in [0.05, 0.1) is 18.8 Å². The van der Waals surface area contributed by atoms with Gasteiger partial charge in [0, 0.05) is 49.1 Å². The lowest BCUT2D eigenvalue weighted by Crippen LogP contribution is -2.43. The van der Waals surface area contributed by atoms with E-state index in [1.54, 1.807) is 6.07 Å². The van der Waals surface area contributed by atoms with Crippen molar-refractivity contribution >= 4 is 12.2 Å². The summed E-state index contributed by atoms with van der Waals surface area (Å²) in [6.45, 7) is 2.78. The summed E-state index contributed by atoms with van der Waals surface area (Å²) in [6.07, 6.45) is 6.71. The molecule has 3 aromatic rings. The van der Waals surface area contributed by atoms with Crippen LogP contribution in [0.15, 0.2) is 48.4 Å². The van der Waals surface area contributed by atoms with E-state index in [0.29, 0.717) is 61.0 Å². The summed E-state index contributed by atoms with van der Waals surface area (Å²) in [5.41, 5.74) is 15.0. The predicted octanol–water partition coefficient (Wildman–Crippen LogP) is 3.68. The molecule has 6 rings (SSSR count). The minimum atomic E-state index is -0.894. The van der Waals surface area contributed by atoms with Crippen LogP contribution in [-0.4, -0.2) is 53.5 Å². The van der Waals surface area contributed by atoms with E-state index in [0.717, 1.165) is 36.8 Å². The standard InChI is InChI=1S/C14H15F2N3OS.C14H18FN3O/c15-11-4-8-3-10(7-20-13(8)5-12(11)16)19-9(1-2-17)6-18-14(19)21;15-13-3-1-2-10-6-12(8-19-14(10)13)18-9-17-7-11(18)4-5-16/h4-6,10H,1-3,7,17H2,(H,18,21);1-3,7,12,17H,4-6,8-9,16H2/t10-;12-/m11/s1.